The molecule has 2 atom stereocenters. The molecule has 1 aromatic rings. The summed E-state index contributed by atoms with van der Waals surface area (Å²) in [5.41, 5.74) is 3.32. The Kier molecular flexibility index (Phi) is 4.56. The number of aliphatic hydroxyl groups is 1. The van der Waals surface area contributed by atoms with E-state index in [2.05, 4.69) is 23.6 Å². The highest BCUT2D eigenvalue weighted by atomic mass is 16.3. The second-order valence-corrected chi connectivity index (χ2v) is 5.16. The molecule has 0 fully saturated rings. The first-order valence-corrected chi connectivity index (χ1v) is 6.94. The summed E-state index contributed by atoms with van der Waals surface area (Å²) in [6.45, 7) is 4.66. The number of carbonyl (C=O) groups excluding carboxylic acids is 1. The molecule has 0 saturated carbocycles. The Morgan fingerprint density at radius 2 is 2.21 bits per heavy atom. The van der Waals surface area contributed by atoms with Gasteiger partial charge in [-0.1, -0.05) is 19.1 Å². The predicted molar refractivity (Wildman–Crippen MR) is 76.1 cm³/mol. The van der Waals surface area contributed by atoms with Gasteiger partial charge in [0.15, 0.2) is 0 Å². The van der Waals surface area contributed by atoms with Crippen molar-refractivity contribution in [2.75, 3.05) is 11.9 Å². The van der Waals surface area contributed by atoms with E-state index < -0.39 is 0 Å². The largest absolute Gasteiger partial charge is 0.392 e. The number of anilines is 1. The van der Waals surface area contributed by atoms with Gasteiger partial charge in [0.1, 0.15) is 0 Å². The van der Waals surface area contributed by atoms with Crippen molar-refractivity contribution < 1.29 is 9.90 Å². The maximum absolute atomic E-state index is 11.3. The zero-order chi connectivity index (χ0) is 13.8. The van der Waals surface area contributed by atoms with Crippen LogP contribution >= 0.6 is 0 Å². The van der Waals surface area contributed by atoms with Crippen LogP contribution in [0.5, 0.6) is 0 Å². The van der Waals surface area contributed by atoms with Crippen LogP contribution in [0.15, 0.2) is 18.2 Å². The molecule has 1 aromatic carbocycles. The lowest BCUT2D eigenvalue weighted by atomic mass is 9.97. The number of nitrogens with one attached hydrogen (secondary N) is 2. The highest BCUT2D eigenvalue weighted by Crippen LogP contribution is 2.26. The highest BCUT2D eigenvalue weighted by molar-refractivity contribution is 5.93. The van der Waals surface area contributed by atoms with Crippen molar-refractivity contribution in [3.63, 3.8) is 0 Å². The van der Waals surface area contributed by atoms with Crippen molar-refractivity contribution in [1.29, 1.82) is 0 Å². The van der Waals surface area contributed by atoms with E-state index in [-0.39, 0.29) is 18.1 Å². The summed E-state index contributed by atoms with van der Waals surface area (Å²) in [6, 6.07) is 6.34. The number of aryl methyl sites for hydroxylation is 1. The van der Waals surface area contributed by atoms with Crippen LogP contribution in [0.3, 0.4) is 0 Å². The fraction of sp³-hybridized carbons (Fsp3) is 0.533. The van der Waals surface area contributed by atoms with Crippen LogP contribution in [0.2, 0.25) is 0 Å². The molecule has 1 aliphatic heterocycles. The lowest BCUT2D eigenvalue weighted by Crippen LogP contribution is -2.28. The summed E-state index contributed by atoms with van der Waals surface area (Å²) < 4.78 is 0. The van der Waals surface area contributed by atoms with Gasteiger partial charge < -0.3 is 15.7 Å². The van der Waals surface area contributed by atoms with Gasteiger partial charge in [-0.2, -0.15) is 0 Å². The molecule has 1 unspecified atom stereocenters. The monoisotopic (exact) mass is 262 g/mol. The summed E-state index contributed by atoms with van der Waals surface area (Å²) >= 11 is 0. The van der Waals surface area contributed by atoms with E-state index in [0.29, 0.717) is 13.0 Å². The number of hydrogen-bond acceptors (Lipinski definition) is 3. The van der Waals surface area contributed by atoms with Crippen molar-refractivity contribution in [3.8, 4) is 0 Å². The number of carbonyl (C=O) groups is 1. The van der Waals surface area contributed by atoms with E-state index in [1.54, 1.807) is 0 Å². The average Bonchev–Trinajstić information content (AvgIpc) is 2.43. The van der Waals surface area contributed by atoms with Crippen LogP contribution in [0.4, 0.5) is 5.69 Å². The standard InChI is InChI=1S/C15H22N2O2/c1-3-13(18)9-16-10(2)11-4-6-14-12(8-11)5-7-15(19)17-14/h4,6,8,10,13,16,18H,3,5,7,9H2,1-2H3,(H,17,19)/t10?,13-/m1/s1. The first kappa shape index (κ1) is 14.0. The summed E-state index contributed by atoms with van der Waals surface area (Å²) in [6.07, 6.45) is 1.83. The molecule has 0 spiro atoms. The fourth-order valence-electron chi connectivity index (χ4n) is 2.25. The average molecular weight is 262 g/mol. The lowest BCUT2D eigenvalue weighted by Gasteiger charge is -2.21. The van der Waals surface area contributed by atoms with Crippen molar-refractivity contribution in [2.24, 2.45) is 0 Å². The minimum atomic E-state index is -0.292. The maximum Gasteiger partial charge on any atom is 0.224 e. The van der Waals surface area contributed by atoms with Crippen molar-refractivity contribution in [2.45, 2.75) is 45.3 Å². The third-order valence-electron chi connectivity index (χ3n) is 3.66. The smallest absolute Gasteiger partial charge is 0.224 e. The second kappa shape index (κ2) is 6.17. The van der Waals surface area contributed by atoms with Gasteiger partial charge in [-0.15, -0.1) is 0 Å². The summed E-state index contributed by atoms with van der Waals surface area (Å²) in [5, 5.41) is 15.8. The Morgan fingerprint density at radius 3 is 2.95 bits per heavy atom. The molecule has 0 aromatic heterocycles. The van der Waals surface area contributed by atoms with E-state index in [9.17, 15) is 9.90 Å². The molecule has 1 amide bonds. The third-order valence-corrected chi connectivity index (χ3v) is 3.66. The molecule has 1 aliphatic rings. The molecule has 4 nitrogen and oxygen atoms in total. The van der Waals surface area contributed by atoms with E-state index in [1.807, 2.05) is 19.1 Å². The van der Waals surface area contributed by atoms with Crippen LogP contribution in [0.25, 0.3) is 0 Å². The molecular weight excluding hydrogens is 240 g/mol. The molecule has 4 heteroatoms. The second-order valence-electron chi connectivity index (χ2n) is 5.16. The Morgan fingerprint density at radius 1 is 1.42 bits per heavy atom. The SMILES string of the molecule is CC[C@@H](O)CNC(C)c1ccc2c(c1)CCC(=O)N2. The number of amides is 1. The van der Waals surface area contributed by atoms with Gasteiger partial charge in [0.25, 0.3) is 0 Å². The van der Waals surface area contributed by atoms with E-state index >= 15 is 0 Å². The Balaban J connectivity index is 2.03. The highest BCUT2D eigenvalue weighted by Gasteiger charge is 2.16. The zero-order valence-corrected chi connectivity index (χ0v) is 11.6. The number of aliphatic hydroxyl groups excluding tert-OH is 1. The first-order valence-electron chi connectivity index (χ1n) is 6.94. The number of benzene rings is 1. The topological polar surface area (TPSA) is 61.4 Å². The van der Waals surface area contributed by atoms with Gasteiger partial charge in [-0.05, 0) is 37.0 Å². The van der Waals surface area contributed by atoms with Crippen molar-refractivity contribution in [3.05, 3.63) is 29.3 Å². The molecule has 0 aliphatic carbocycles. The lowest BCUT2D eigenvalue weighted by molar-refractivity contribution is -0.116. The molecule has 3 N–H and O–H groups in total. The van der Waals surface area contributed by atoms with Crippen molar-refractivity contribution in [1.82, 2.24) is 5.32 Å². The zero-order valence-electron chi connectivity index (χ0n) is 11.6. The van der Waals surface area contributed by atoms with Gasteiger partial charge in [-0.3, -0.25) is 4.79 Å². The summed E-state index contributed by atoms with van der Waals surface area (Å²) in [5.74, 6) is 0.0949. The molecule has 0 saturated heterocycles. The normalized spacial score (nSPS) is 17.5. The van der Waals surface area contributed by atoms with Crippen LogP contribution in [0.1, 0.15) is 43.9 Å². The fourth-order valence-corrected chi connectivity index (χ4v) is 2.25. The number of fused-ring (bicyclic) bond motifs is 1. The third kappa shape index (κ3) is 3.55. The Labute approximate surface area is 114 Å². The molecule has 0 radical (unpaired) electrons. The van der Waals surface area contributed by atoms with Crippen molar-refractivity contribution >= 4 is 11.6 Å². The molecule has 104 valence electrons. The Bertz CT molecular complexity index is 459. The van der Waals surface area contributed by atoms with E-state index in [4.69, 9.17) is 0 Å². The quantitative estimate of drug-likeness (QED) is 0.760. The minimum absolute atomic E-state index is 0.0949. The number of rotatable bonds is 5. The van der Waals surface area contributed by atoms with Gasteiger partial charge in [0.05, 0.1) is 6.10 Å². The van der Waals surface area contributed by atoms with E-state index in [1.165, 1.54) is 11.1 Å². The molecular formula is C15H22N2O2. The Hall–Kier alpha value is -1.39. The molecule has 1 heterocycles. The first-order chi connectivity index (χ1) is 9.10. The molecule has 19 heavy (non-hydrogen) atoms. The summed E-state index contributed by atoms with van der Waals surface area (Å²) in [4.78, 5) is 11.3. The van der Waals surface area contributed by atoms with Crippen LogP contribution in [-0.4, -0.2) is 23.7 Å². The summed E-state index contributed by atoms with van der Waals surface area (Å²) in [7, 11) is 0. The van der Waals surface area contributed by atoms with E-state index in [0.717, 1.165) is 18.5 Å². The van der Waals surface area contributed by atoms with Gasteiger partial charge in [0.2, 0.25) is 5.91 Å². The van der Waals surface area contributed by atoms with Crippen LogP contribution in [-0.2, 0) is 11.2 Å². The minimum Gasteiger partial charge on any atom is -0.392 e. The van der Waals surface area contributed by atoms with Crippen LogP contribution in [0, 0.1) is 0 Å². The van der Waals surface area contributed by atoms with Gasteiger partial charge in [-0.25, -0.2) is 0 Å². The number of hydrogen-bond donors (Lipinski definition) is 3. The molecule has 2 rings (SSSR count). The van der Waals surface area contributed by atoms with Gasteiger partial charge >= 0.3 is 0 Å². The molecule has 0 bridgehead atoms. The van der Waals surface area contributed by atoms with Gasteiger partial charge in [0, 0.05) is 24.7 Å². The maximum atomic E-state index is 11.3. The van der Waals surface area contributed by atoms with Crippen LogP contribution < -0.4 is 10.6 Å². The predicted octanol–water partition coefficient (Wildman–Crippen LogP) is 1.99.